The first-order chi connectivity index (χ1) is 33.3. The second-order valence-electron chi connectivity index (χ2n) is 19.0. The highest BCUT2D eigenvalue weighted by Crippen LogP contribution is 2.54. The van der Waals surface area contributed by atoms with Crippen LogP contribution < -0.4 is 9.80 Å². The maximum absolute atomic E-state index is 6.99. The molecule has 0 atom stereocenters. The number of anilines is 6. The molecule has 2 aliphatic heterocycles. The molecule has 6 heteroatoms. The van der Waals surface area contributed by atoms with Gasteiger partial charge < -0.3 is 18.6 Å². The summed E-state index contributed by atoms with van der Waals surface area (Å²) in [4.78, 5) is 15.5. The van der Waals surface area contributed by atoms with Crippen LogP contribution >= 0.6 is 0 Å². The van der Waals surface area contributed by atoms with Crippen LogP contribution in [0.3, 0.4) is 0 Å². The van der Waals surface area contributed by atoms with Gasteiger partial charge in [-0.05, 0) is 106 Å². The summed E-state index contributed by atoms with van der Waals surface area (Å²) in [7, 11) is 0. The maximum Gasteiger partial charge on any atom is 0.227 e. The van der Waals surface area contributed by atoms with Crippen molar-refractivity contribution in [2.75, 3.05) is 9.80 Å². The van der Waals surface area contributed by atoms with E-state index < -0.39 is 0 Å². The number of hydrogen-bond donors (Lipinski definition) is 0. The first-order valence-electron chi connectivity index (χ1n) is 23.3. The molecule has 0 saturated carbocycles. The van der Waals surface area contributed by atoms with E-state index in [1.54, 1.807) is 0 Å². The molecule has 11 aromatic rings. The van der Waals surface area contributed by atoms with Gasteiger partial charge in [-0.15, -0.1) is 0 Å². The molecule has 68 heavy (non-hydrogen) atoms. The minimum atomic E-state index is -0.156. The molecule has 0 spiro atoms. The lowest BCUT2D eigenvalue weighted by molar-refractivity contribution is 0.619. The number of rotatable bonds is 6. The average molecular weight is 879 g/mol. The number of oxazole rings is 2. The fourth-order valence-electron chi connectivity index (χ4n) is 10.9. The molecule has 0 bridgehead atoms. The molecule has 9 aromatic carbocycles. The summed E-state index contributed by atoms with van der Waals surface area (Å²) < 4.78 is 14.0. The number of hydrogen-bond acceptors (Lipinski definition) is 6. The van der Waals surface area contributed by atoms with E-state index in [9.17, 15) is 0 Å². The Labute approximate surface area is 395 Å². The van der Waals surface area contributed by atoms with Crippen molar-refractivity contribution in [3.8, 4) is 45.2 Å². The smallest absolute Gasteiger partial charge is 0.227 e. The first kappa shape index (κ1) is 39.8. The van der Waals surface area contributed by atoms with E-state index in [0.29, 0.717) is 34.0 Å². The molecule has 13 rings (SSSR count). The van der Waals surface area contributed by atoms with Crippen molar-refractivity contribution in [3.05, 3.63) is 229 Å². The van der Waals surface area contributed by atoms with Gasteiger partial charge in [0, 0.05) is 33.3 Å². The van der Waals surface area contributed by atoms with Crippen LogP contribution in [-0.2, 0) is 10.8 Å². The number of para-hydroxylation sites is 4. The van der Waals surface area contributed by atoms with Gasteiger partial charge in [0.25, 0.3) is 0 Å². The number of aromatic nitrogens is 2. The highest BCUT2D eigenvalue weighted by molar-refractivity contribution is 6.16. The van der Waals surface area contributed by atoms with Crippen LogP contribution in [0.2, 0.25) is 0 Å². The summed E-state index contributed by atoms with van der Waals surface area (Å²) >= 11 is 0. The van der Waals surface area contributed by atoms with E-state index in [4.69, 9.17) is 18.8 Å². The summed E-state index contributed by atoms with van der Waals surface area (Å²) in [5.74, 6) is 1.06. The molecule has 2 aliphatic rings. The van der Waals surface area contributed by atoms with Crippen LogP contribution in [-0.4, -0.2) is 9.97 Å². The Morgan fingerprint density at radius 3 is 0.941 bits per heavy atom. The van der Waals surface area contributed by atoms with Gasteiger partial charge >= 0.3 is 0 Å². The third-order valence-corrected chi connectivity index (χ3v) is 14.3. The Hall–Kier alpha value is -8.48. The summed E-state index contributed by atoms with van der Waals surface area (Å²) in [6, 6.07) is 72.7. The zero-order chi connectivity index (χ0) is 45.7. The lowest BCUT2D eigenvalue weighted by Gasteiger charge is -2.42. The standard InChI is InChI=1S/C62H46N4O2/c1-61(2)45-23-11-15-27-49(45)65(50-28-16-12-24-46(50)61)43-35-31-39(32-36-43)53-55-58(68-59(63-55)41-19-7-5-8-20-41)54(56-57(53)67-60(64-56)42-21-9-6-10-22-42)40-33-37-44(38-34-40)66-51-29-17-13-25-47(51)62(3,4)48-26-14-18-30-52(48)66/h5-38H,1-4H3. The molecule has 0 fully saturated rings. The molecule has 0 saturated heterocycles. The highest BCUT2D eigenvalue weighted by atomic mass is 16.4. The largest absolute Gasteiger partial charge is 0.435 e. The summed E-state index contributed by atoms with van der Waals surface area (Å²) in [6.07, 6.45) is 0. The van der Waals surface area contributed by atoms with E-state index in [1.165, 1.54) is 45.0 Å². The predicted octanol–water partition coefficient (Wildman–Crippen LogP) is 16.9. The van der Waals surface area contributed by atoms with E-state index >= 15 is 0 Å². The Morgan fingerprint density at radius 1 is 0.324 bits per heavy atom. The minimum Gasteiger partial charge on any atom is -0.435 e. The van der Waals surface area contributed by atoms with E-state index in [1.807, 2.05) is 60.7 Å². The molecule has 326 valence electrons. The van der Waals surface area contributed by atoms with E-state index in [2.05, 4.69) is 183 Å². The Bertz CT molecular complexity index is 3340. The minimum absolute atomic E-state index is 0.156. The first-order valence-corrected chi connectivity index (χ1v) is 23.3. The Balaban J connectivity index is 1.01. The summed E-state index contributed by atoms with van der Waals surface area (Å²) in [6.45, 7) is 9.26. The molecule has 0 N–H and O–H groups in total. The van der Waals surface area contributed by atoms with Crippen LogP contribution in [0.25, 0.3) is 67.4 Å². The predicted molar refractivity (Wildman–Crippen MR) is 277 cm³/mol. The normalized spacial score (nSPS) is 14.4. The van der Waals surface area contributed by atoms with Crippen molar-refractivity contribution >= 4 is 56.3 Å². The third-order valence-electron chi connectivity index (χ3n) is 14.3. The quantitative estimate of drug-likeness (QED) is 0.166. The molecule has 0 aliphatic carbocycles. The van der Waals surface area contributed by atoms with Crippen molar-refractivity contribution in [1.29, 1.82) is 0 Å². The lowest BCUT2D eigenvalue weighted by atomic mass is 9.73. The van der Waals surface area contributed by atoms with Gasteiger partial charge in [-0.1, -0.05) is 161 Å². The zero-order valence-corrected chi connectivity index (χ0v) is 38.2. The Morgan fingerprint density at radius 2 is 0.618 bits per heavy atom. The van der Waals surface area contributed by atoms with Crippen LogP contribution in [0.5, 0.6) is 0 Å². The van der Waals surface area contributed by atoms with Gasteiger partial charge in [-0.2, -0.15) is 0 Å². The highest BCUT2D eigenvalue weighted by Gasteiger charge is 2.38. The van der Waals surface area contributed by atoms with Gasteiger partial charge in [0.05, 0.1) is 33.9 Å². The Kier molecular flexibility index (Phi) is 8.80. The molecular weight excluding hydrogens is 833 g/mol. The maximum atomic E-state index is 6.99. The zero-order valence-electron chi connectivity index (χ0n) is 38.2. The summed E-state index contributed by atoms with van der Waals surface area (Å²) in [5, 5.41) is 0. The second kappa shape index (κ2) is 15.0. The van der Waals surface area contributed by atoms with E-state index in [0.717, 1.165) is 44.8 Å². The second-order valence-corrected chi connectivity index (χ2v) is 19.0. The van der Waals surface area contributed by atoms with Crippen LogP contribution in [0.1, 0.15) is 49.9 Å². The lowest BCUT2D eigenvalue weighted by Crippen LogP contribution is -2.30. The third kappa shape index (κ3) is 5.96. The number of benzene rings is 9. The number of fused-ring (bicyclic) bond motifs is 6. The van der Waals surface area contributed by atoms with Gasteiger partial charge in [0.1, 0.15) is 11.0 Å². The molecule has 0 radical (unpaired) electrons. The van der Waals surface area contributed by atoms with Crippen LogP contribution in [0, 0.1) is 0 Å². The van der Waals surface area contributed by atoms with Crippen LogP contribution in [0.4, 0.5) is 34.1 Å². The molecule has 2 aromatic heterocycles. The van der Waals surface area contributed by atoms with Gasteiger partial charge in [-0.25, -0.2) is 9.97 Å². The summed E-state index contributed by atoms with van der Waals surface area (Å²) in [5.41, 5.74) is 19.7. The molecule has 6 nitrogen and oxygen atoms in total. The van der Waals surface area contributed by atoms with Gasteiger partial charge in [-0.3, -0.25) is 0 Å². The topological polar surface area (TPSA) is 58.5 Å². The van der Waals surface area contributed by atoms with E-state index in [-0.39, 0.29) is 10.8 Å². The van der Waals surface area contributed by atoms with Crippen molar-refractivity contribution in [3.63, 3.8) is 0 Å². The monoisotopic (exact) mass is 878 g/mol. The average Bonchev–Trinajstić information content (AvgIpc) is 4.03. The van der Waals surface area contributed by atoms with Crippen molar-refractivity contribution in [2.45, 2.75) is 38.5 Å². The van der Waals surface area contributed by atoms with Crippen molar-refractivity contribution in [2.24, 2.45) is 0 Å². The molecule has 0 unspecified atom stereocenters. The van der Waals surface area contributed by atoms with Crippen molar-refractivity contribution < 1.29 is 8.83 Å². The fraction of sp³-hybridized carbons (Fsp3) is 0.0968. The SMILES string of the molecule is CC1(C)c2ccccc2N(c2ccc(-c3c4nc(-c5ccccc5)oc4c(-c4ccc(N5c6ccccc6C(C)(C)c6ccccc65)cc4)c4nc(-c5ccccc5)oc34)cc2)c2ccccc21. The van der Waals surface area contributed by atoms with Gasteiger partial charge in [0.15, 0.2) is 11.2 Å². The van der Waals surface area contributed by atoms with Gasteiger partial charge in [0.2, 0.25) is 11.8 Å². The fourth-order valence-corrected chi connectivity index (χ4v) is 10.9. The molecule has 4 heterocycles. The van der Waals surface area contributed by atoms with Crippen LogP contribution in [0.15, 0.2) is 215 Å². The molecule has 0 amide bonds. The number of nitrogens with zero attached hydrogens (tertiary/aromatic N) is 4. The van der Waals surface area contributed by atoms with Crippen molar-refractivity contribution in [1.82, 2.24) is 9.97 Å². The molecular formula is C62H46N4O2.